The Balaban J connectivity index is 1.63. The molecule has 4 rings (SSSR count). The van der Waals surface area contributed by atoms with E-state index in [0.717, 1.165) is 4.31 Å². The van der Waals surface area contributed by atoms with Crippen molar-refractivity contribution < 1.29 is 26.7 Å². The normalized spacial score (nSPS) is 15.4. The second-order valence-corrected chi connectivity index (χ2v) is 8.00. The summed E-state index contributed by atoms with van der Waals surface area (Å²) in [7, 11) is -3.91. The van der Waals surface area contributed by atoms with Crippen molar-refractivity contribution in [2.45, 2.75) is 18.9 Å². The third kappa shape index (κ3) is 3.66. The van der Waals surface area contributed by atoms with E-state index in [0.29, 0.717) is 16.8 Å². The number of carbonyl (C=O) groups excluding carboxylic acids is 1. The van der Waals surface area contributed by atoms with Gasteiger partial charge in [-0.15, -0.1) is 5.10 Å². The Morgan fingerprint density at radius 3 is 2.55 bits per heavy atom. The van der Waals surface area contributed by atoms with Crippen LogP contribution in [-0.4, -0.2) is 45.4 Å². The number of benzene rings is 2. The minimum Gasteiger partial charge on any atom is -0.435 e. The first-order chi connectivity index (χ1) is 13.8. The maximum atomic E-state index is 12.7. The lowest BCUT2D eigenvalue weighted by atomic mass is 10.1. The first kappa shape index (κ1) is 18.9. The van der Waals surface area contributed by atoms with Crippen molar-refractivity contribution >= 4 is 15.9 Å². The van der Waals surface area contributed by atoms with Gasteiger partial charge in [-0.25, -0.2) is 12.7 Å². The predicted molar refractivity (Wildman–Crippen MR) is 94.7 cm³/mol. The number of nitrogens with zero attached hydrogens (tertiary/aromatic N) is 5. The number of tetrazole rings is 1. The van der Waals surface area contributed by atoms with Gasteiger partial charge in [0, 0.05) is 5.56 Å². The second kappa shape index (κ2) is 7.20. The largest absolute Gasteiger partial charge is 0.435 e. The van der Waals surface area contributed by atoms with Crippen LogP contribution >= 0.6 is 0 Å². The van der Waals surface area contributed by atoms with Crippen LogP contribution in [0, 0.1) is 0 Å². The molecule has 0 unspecified atom stereocenters. The fourth-order valence-corrected chi connectivity index (χ4v) is 4.43. The van der Waals surface area contributed by atoms with E-state index in [4.69, 9.17) is 0 Å². The van der Waals surface area contributed by atoms with Gasteiger partial charge in [-0.3, -0.25) is 4.79 Å². The van der Waals surface area contributed by atoms with Crippen molar-refractivity contribution in [3.8, 4) is 11.4 Å². The fraction of sp³-hybridized carbons (Fsp3) is 0.176. The minimum atomic E-state index is -3.91. The summed E-state index contributed by atoms with van der Waals surface area (Å²) in [5, 5.41) is 11.1. The quantitative estimate of drug-likeness (QED) is 0.618. The van der Waals surface area contributed by atoms with Crippen LogP contribution in [0.2, 0.25) is 0 Å². The van der Waals surface area contributed by atoms with Crippen LogP contribution < -0.4 is 4.74 Å². The van der Waals surface area contributed by atoms with Gasteiger partial charge in [-0.1, -0.05) is 18.2 Å². The zero-order chi connectivity index (χ0) is 20.6. The zero-order valence-corrected chi connectivity index (χ0v) is 15.5. The van der Waals surface area contributed by atoms with Crippen LogP contribution in [0.1, 0.15) is 21.7 Å². The summed E-state index contributed by atoms with van der Waals surface area (Å²) in [5.74, 6) is -0.939. The lowest BCUT2D eigenvalue weighted by Gasteiger charge is -2.27. The monoisotopic (exact) mass is 421 g/mol. The van der Waals surface area contributed by atoms with Gasteiger partial charge in [0.2, 0.25) is 10.0 Å². The minimum absolute atomic E-state index is 0.0521. The Bertz CT molecular complexity index is 1160. The van der Waals surface area contributed by atoms with E-state index in [9.17, 15) is 22.0 Å². The molecule has 3 aromatic rings. The number of amides is 1. The van der Waals surface area contributed by atoms with E-state index >= 15 is 0 Å². The number of alkyl halides is 2. The third-order valence-corrected chi connectivity index (χ3v) is 5.92. The van der Waals surface area contributed by atoms with E-state index < -0.39 is 22.5 Å². The standard InChI is InChI=1S/C17H13F2N5O4S/c18-17(19)28-13-7-5-12(6-8-13)24-15(20-21-22-24)9-23-16(25)14-4-2-1-3-11(14)10-29(23,26)27/h1-8,17H,9-10H2. The highest BCUT2D eigenvalue weighted by atomic mass is 32.2. The lowest BCUT2D eigenvalue weighted by Crippen LogP contribution is -2.42. The topological polar surface area (TPSA) is 107 Å². The average Bonchev–Trinajstić information content (AvgIpc) is 3.13. The fourth-order valence-electron chi connectivity index (χ4n) is 2.96. The molecule has 1 aliphatic heterocycles. The SMILES string of the molecule is O=C1c2ccccc2CS(=O)(=O)N1Cc1nnnn1-c1ccc(OC(F)F)cc1. The number of ether oxygens (including phenoxy) is 1. The van der Waals surface area contributed by atoms with Gasteiger partial charge >= 0.3 is 6.61 Å². The molecule has 2 heterocycles. The summed E-state index contributed by atoms with van der Waals surface area (Å²) < 4.78 is 56.0. The van der Waals surface area contributed by atoms with Gasteiger partial charge in [0.15, 0.2) is 5.82 Å². The molecule has 0 aliphatic carbocycles. The van der Waals surface area contributed by atoms with Gasteiger partial charge in [0.1, 0.15) is 5.75 Å². The predicted octanol–water partition coefficient (Wildman–Crippen LogP) is 1.75. The molecule has 12 heteroatoms. The summed E-state index contributed by atoms with van der Waals surface area (Å²) in [6.45, 7) is -3.33. The molecule has 0 atom stereocenters. The number of rotatable bonds is 5. The molecule has 0 N–H and O–H groups in total. The van der Waals surface area contributed by atoms with Crippen LogP contribution in [0.25, 0.3) is 5.69 Å². The van der Waals surface area contributed by atoms with Gasteiger partial charge in [-0.05, 0) is 46.3 Å². The van der Waals surface area contributed by atoms with Crippen LogP contribution in [0.15, 0.2) is 48.5 Å². The van der Waals surface area contributed by atoms with E-state index in [2.05, 4.69) is 20.3 Å². The maximum Gasteiger partial charge on any atom is 0.387 e. The molecule has 29 heavy (non-hydrogen) atoms. The highest BCUT2D eigenvalue weighted by Gasteiger charge is 2.36. The van der Waals surface area contributed by atoms with Crippen molar-refractivity contribution in [2.75, 3.05) is 0 Å². The Hall–Kier alpha value is -3.41. The maximum absolute atomic E-state index is 12.7. The zero-order valence-electron chi connectivity index (χ0n) is 14.6. The number of aromatic nitrogens is 4. The Labute approximate surface area is 163 Å². The molecule has 1 amide bonds. The van der Waals surface area contributed by atoms with Crippen molar-refractivity contribution in [2.24, 2.45) is 0 Å². The summed E-state index contributed by atoms with van der Waals surface area (Å²) in [6.07, 6.45) is 0. The summed E-state index contributed by atoms with van der Waals surface area (Å²) >= 11 is 0. The molecule has 0 fully saturated rings. The number of carbonyl (C=O) groups is 1. The number of halogens is 2. The van der Waals surface area contributed by atoms with Crippen molar-refractivity contribution in [3.63, 3.8) is 0 Å². The van der Waals surface area contributed by atoms with Gasteiger partial charge in [-0.2, -0.15) is 13.5 Å². The molecule has 0 saturated carbocycles. The molecule has 0 radical (unpaired) electrons. The number of hydrogen-bond acceptors (Lipinski definition) is 7. The summed E-state index contributed by atoms with van der Waals surface area (Å²) in [5.41, 5.74) is 1.12. The first-order valence-electron chi connectivity index (χ1n) is 8.30. The Morgan fingerprint density at radius 2 is 1.83 bits per heavy atom. The number of hydrogen-bond donors (Lipinski definition) is 0. The van der Waals surface area contributed by atoms with Crippen LogP contribution in [0.5, 0.6) is 5.75 Å². The Morgan fingerprint density at radius 1 is 1.10 bits per heavy atom. The number of fused-ring (bicyclic) bond motifs is 1. The molecular formula is C17H13F2N5O4S. The second-order valence-electron chi connectivity index (χ2n) is 6.10. The van der Waals surface area contributed by atoms with E-state index in [1.807, 2.05) is 0 Å². The number of sulfonamides is 1. The molecule has 150 valence electrons. The molecule has 2 aromatic carbocycles. The summed E-state index contributed by atoms with van der Waals surface area (Å²) in [4.78, 5) is 12.7. The molecule has 0 saturated heterocycles. The van der Waals surface area contributed by atoms with E-state index in [1.54, 1.807) is 24.3 Å². The van der Waals surface area contributed by atoms with Gasteiger partial charge in [0.25, 0.3) is 5.91 Å². The van der Waals surface area contributed by atoms with E-state index in [-0.39, 0.29) is 23.9 Å². The van der Waals surface area contributed by atoms with Gasteiger partial charge < -0.3 is 4.74 Å². The van der Waals surface area contributed by atoms with Crippen LogP contribution in [0.4, 0.5) is 8.78 Å². The molecule has 1 aromatic heterocycles. The average molecular weight is 421 g/mol. The highest BCUT2D eigenvalue weighted by molar-refractivity contribution is 7.89. The third-order valence-electron chi connectivity index (χ3n) is 4.27. The summed E-state index contributed by atoms with van der Waals surface area (Å²) in [6, 6.07) is 11.9. The smallest absolute Gasteiger partial charge is 0.387 e. The van der Waals surface area contributed by atoms with Crippen molar-refractivity contribution in [1.29, 1.82) is 0 Å². The highest BCUT2D eigenvalue weighted by Crippen LogP contribution is 2.26. The lowest BCUT2D eigenvalue weighted by molar-refractivity contribution is -0.0498. The van der Waals surface area contributed by atoms with Gasteiger partial charge in [0.05, 0.1) is 18.0 Å². The van der Waals surface area contributed by atoms with Crippen LogP contribution in [-0.2, 0) is 22.3 Å². The molecule has 0 bridgehead atoms. The van der Waals surface area contributed by atoms with E-state index in [1.165, 1.54) is 28.9 Å². The van der Waals surface area contributed by atoms with Crippen molar-refractivity contribution in [3.05, 3.63) is 65.5 Å². The van der Waals surface area contributed by atoms with Crippen LogP contribution in [0.3, 0.4) is 0 Å². The molecular weight excluding hydrogens is 408 g/mol. The van der Waals surface area contributed by atoms with Crippen molar-refractivity contribution in [1.82, 2.24) is 24.5 Å². The Kier molecular flexibility index (Phi) is 4.70. The first-order valence-corrected chi connectivity index (χ1v) is 9.91. The molecule has 9 nitrogen and oxygen atoms in total. The molecule has 0 spiro atoms. The molecule has 1 aliphatic rings.